The van der Waals surface area contributed by atoms with Crippen molar-refractivity contribution in [2.75, 3.05) is 6.54 Å². The van der Waals surface area contributed by atoms with Crippen molar-refractivity contribution in [3.63, 3.8) is 0 Å². The lowest BCUT2D eigenvalue weighted by molar-refractivity contribution is 0.386. The Bertz CT molecular complexity index is 475. The number of halogens is 2. The molecule has 0 unspecified atom stereocenters. The van der Waals surface area contributed by atoms with E-state index in [0.29, 0.717) is 12.1 Å². The summed E-state index contributed by atoms with van der Waals surface area (Å²) in [6, 6.07) is 7.10. The van der Waals surface area contributed by atoms with Crippen molar-refractivity contribution in [1.82, 2.24) is 5.32 Å². The number of nitrogens with zero attached hydrogens (tertiary/aromatic N) is 1. The van der Waals surface area contributed by atoms with Crippen molar-refractivity contribution in [3.05, 3.63) is 34.1 Å². The minimum absolute atomic E-state index is 0.222. The molecule has 0 saturated heterocycles. The quantitative estimate of drug-likeness (QED) is 0.919. The second kappa shape index (κ2) is 5.38. The van der Waals surface area contributed by atoms with Crippen LogP contribution in [0.15, 0.2) is 22.7 Å². The molecular formula is C14H18BrFN2. The Morgan fingerprint density at radius 1 is 1.33 bits per heavy atom. The summed E-state index contributed by atoms with van der Waals surface area (Å²) < 4.78 is 14.7. The first-order valence-electron chi connectivity index (χ1n) is 5.80. The summed E-state index contributed by atoms with van der Waals surface area (Å²) in [6.45, 7) is 8.05. The van der Waals surface area contributed by atoms with Gasteiger partial charge in [0.2, 0.25) is 0 Å². The van der Waals surface area contributed by atoms with E-state index >= 15 is 0 Å². The molecule has 1 aromatic rings. The van der Waals surface area contributed by atoms with Crippen LogP contribution >= 0.6 is 15.9 Å². The van der Waals surface area contributed by atoms with Gasteiger partial charge >= 0.3 is 0 Å². The Morgan fingerprint density at radius 2 is 1.94 bits per heavy atom. The van der Waals surface area contributed by atoms with Gasteiger partial charge in [-0.05, 0) is 37.6 Å². The Morgan fingerprint density at radius 3 is 2.50 bits per heavy atom. The molecule has 0 aliphatic carbocycles. The largest absolute Gasteiger partial charge is 0.299 e. The molecule has 0 amide bonds. The third-order valence-corrected chi connectivity index (χ3v) is 3.40. The zero-order chi connectivity index (χ0) is 14.0. The third-order valence-electron chi connectivity index (χ3n) is 2.91. The first kappa shape index (κ1) is 15.1. The lowest BCUT2D eigenvalue weighted by Gasteiger charge is -2.30. The van der Waals surface area contributed by atoms with E-state index in [2.05, 4.69) is 27.3 Å². The molecule has 1 rings (SSSR count). The van der Waals surface area contributed by atoms with Crippen molar-refractivity contribution in [2.24, 2.45) is 0 Å². The molecule has 0 spiro atoms. The Balaban J connectivity index is 2.93. The van der Waals surface area contributed by atoms with Crippen LogP contribution in [-0.4, -0.2) is 12.1 Å². The number of rotatable bonds is 4. The Labute approximate surface area is 116 Å². The van der Waals surface area contributed by atoms with Crippen LogP contribution in [0, 0.1) is 17.1 Å². The zero-order valence-electron chi connectivity index (χ0n) is 11.1. The summed E-state index contributed by atoms with van der Waals surface area (Å²) in [7, 11) is 0. The monoisotopic (exact) mass is 312 g/mol. The van der Waals surface area contributed by atoms with Crippen LogP contribution in [0.2, 0.25) is 0 Å². The Hall–Kier alpha value is -0.920. The predicted octanol–water partition coefficient (Wildman–Crippen LogP) is 3.76. The van der Waals surface area contributed by atoms with Crippen molar-refractivity contribution in [1.29, 1.82) is 5.26 Å². The second-order valence-electron chi connectivity index (χ2n) is 5.60. The summed E-state index contributed by atoms with van der Waals surface area (Å²) in [5.74, 6) is -0.222. The number of hydrogen-bond donors (Lipinski definition) is 1. The molecular weight excluding hydrogens is 295 g/mol. The summed E-state index contributed by atoms with van der Waals surface area (Å²) in [6.07, 6.45) is 0. The molecule has 2 nitrogen and oxygen atoms in total. The average molecular weight is 313 g/mol. The highest BCUT2D eigenvalue weighted by Crippen LogP contribution is 2.28. The van der Waals surface area contributed by atoms with Crippen LogP contribution in [0.4, 0.5) is 4.39 Å². The van der Waals surface area contributed by atoms with Crippen molar-refractivity contribution in [2.45, 2.75) is 38.6 Å². The van der Waals surface area contributed by atoms with E-state index in [-0.39, 0.29) is 11.2 Å². The molecule has 0 radical (unpaired) electrons. The molecule has 0 bridgehead atoms. The normalized spacial score (nSPS) is 12.3. The maximum Gasteiger partial charge on any atom is 0.127 e. The van der Waals surface area contributed by atoms with Gasteiger partial charge in [0.25, 0.3) is 0 Å². The van der Waals surface area contributed by atoms with Gasteiger partial charge in [-0.15, -0.1) is 0 Å². The van der Waals surface area contributed by atoms with Gasteiger partial charge in [-0.25, -0.2) is 4.39 Å². The first-order valence-corrected chi connectivity index (χ1v) is 6.59. The summed E-state index contributed by atoms with van der Waals surface area (Å²) in [4.78, 5) is 0. The minimum atomic E-state index is -0.611. The number of hydrogen-bond acceptors (Lipinski definition) is 2. The fourth-order valence-corrected chi connectivity index (χ4v) is 1.95. The average Bonchev–Trinajstić information content (AvgIpc) is 2.30. The van der Waals surface area contributed by atoms with Crippen LogP contribution in [0.3, 0.4) is 0 Å². The fraction of sp³-hybridized carbons (Fsp3) is 0.500. The van der Waals surface area contributed by atoms with E-state index < -0.39 is 5.54 Å². The number of nitriles is 1. The van der Waals surface area contributed by atoms with Gasteiger partial charge in [-0.2, -0.15) is 5.26 Å². The van der Waals surface area contributed by atoms with Crippen LogP contribution in [0.1, 0.15) is 33.3 Å². The van der Waals surface area contributed by atoms with E-state index in [1.54, 1.807) is 26.0 Å². The molecule has 0 saturated carbocycles. The number of benzene rings is 1. The maximum absolute atomic E-state index is 13.9. The molecule has 1 N–H and O–H groups in total. The Kier molecular flexibility index (Phi) is 4.52. The second-order valence-corrected chi connectivity index (χ2v) is 6.51. The van der Waals surface area contributed by atoms with Crippen molar-refractivity contribution < 1.29 is 4.39 Å². The summed E-state index contributed by atoms with van der Waals surface area (Å²) >= 11 is 3.35. The van der Waals surface area contributed by atoms with E-state index in [1.165, 1.54) is 6.07 Å². The standard InChI is InChI=1S/C14H18BrFN2/c1-13(2,9-18-14(3,4)8-17)11-7-10(15)5-6-12(11)16/h5-7,18H,9H2,1-4H3. The highest BCUT2D eigenvalue weighted by atomic mass is 79.9. The molecule has 0 atom stereocenters. The van der Waals surface area contributed by atoms with Gasteiger partial charge in [0.1, 0.15) is 11.4 Å². The van der Waals surface area contributed by atoms with Crippen LogP contribution in [0.5, 0.6) is 0 Å². The van der Waals surface area contributed by atoms with Gasteiger partial charge in [0.15, 0.2) is 0 Å². The van der Waals surface area contributed by atoms with E-state index in [0.717, 1.165) is 4.47 Å². The van der Waals surface area contributed by atoms with Crippen LogP contribution in [0.25, 0.3) is 0 Å². The zero-order valence-corrected chi connectivity index (χ0v) is 12.7. The highest BCUT2D eigenvalue weighted by molar-refractivity contribution is 9.10. The molecule has 98 valence electrons. The van der Waals surface area contributed by atoms with Crippen LogP contribution in [-0.2, 0) is 5.41 Å². The minimum Gasteiger partial charge on any atom is -0.299 e. The molecule has 0 aromatic heterocycles. The maximum atomic E-state index is 13.9. The SMILES string of the molecule is CC(C)(C#N)NCC(C)(C)c1cc(Br)ccc1F. The van der Waals surface area contributed by atoms with Crippen molar-refractivity contribution in [3.8, 4) is 6.07 Å². The highest BCUT2D eigenvalue weighted by Gasteiger charge is 2.27. The molecule has 4 heteroatoms. The van der Waals surface area contributed by atoms with E-state index in [1.807, 2.05) is 13.8 Å². The lowest BCUT2D eigenvalue weighted by atomic mass is 9.83. The predicted molar refractivity (Wildman–Crippen MR) is 74.8 cm³/mol. The number of nitrogens with one attached hydrogen (secondary N) is 1. The molecule has 1 aromatic carbocycles. The van der Waals surface area contributed by atoms with E-state index in [4.69, 9.17) is 5.26 Å². The fourth-order valence-electron chi connectivity index (χ4n) is 1.59. The molecule has 0 aliphatic rings. The molecule has 18 heavy (non-hydrogen) atoms. The topological polar surface area (TPSA) is 35.8 Å². The van der Waals surface area contributed by atoms with Gasteiger partial charge in [0.05, 0.1) is 6.07 Å². The first-order chi connectivity index (χ1) is 8.18. The van der Waals surface area contributed by atoms with Gasteiger partial charge < -0.3 is 0 Å². The smallest absolute Gasteiger partial charge is 0.127 e. The van der Waals surface area contributed by atoms with Gasteiger partial charge in [-0.1, -0.05) is 29.8 Å². The van der Waals surface area contributed by atoms with Gasteiger partial charge in [0, 0.05) is 16.4 Å². The molecule has 0 aliphatic heterocycles. The third kappa shape index (κ3) is 3.79. The molecule has 0 heterocycles. The molecule has 0 fully saturated rings. The van der Waals surface area contributed by atoms with Gasteiger partial charge in [-0.3, -0.25) is 5.32 Å². The van der Waals surface area contributed by atoms with Crippen molar-refractivity contribution >= 4 is 15.9 Å². The van der Waals surface area contributed by atoms with Crippen LogP contribution < -0.4 is 5.32 Å². The lowest BCUT2D eigenvalue weighted by Crippen LogP contribution is -2.45. The summed E-state index contributed by atoms with van der Waals surface area (Å²) in [5.41, 5.74) is -0.361. The van der Waals surface area contributed by atoms with E-state index in [9.17, 15) is 4.39 Å². The summed E-state index contributed by atoms with van der Waals surface area (Å²) in [5, 5.41) is 12.1.